The molecule has 0 radical (unpaired) electrons. The van der Waals surface area contributed by atoms with Crippen LogP contribution in [0.25, 0.3) is 0 Å². The lowest BCUT2D eigenvalue weighted by atomic mass is 9.76. The van der Waals surface area contributed by atoms with E-state index in [4.69, 9.17) is 22.1 Å². The van der Waals surface area contributed by atoms with Gasteiger partial charge in [0.05, 0.1) is 11.5 Å². The molecular weight excluding hydrogens is 492 g/mol. The highest BCUT2D eigenvalue weighted by molar-refractivity contribution is 9.10. The SMILES string of the molecule is Cc1cc(OCC2(CC(N)=O)CCN(S(=O)(=O)c3ccc(Br)cc3)CC2)ccc1Cl. The molecule has 6 nitrogen and oxygen atoms in total. The number of ether oxygens (including phenoxy) is 1. The van der Waals surface area contributed by atoms with E-state index in [9.17, 15) is 13.2 Å². The summed E-state index contributed by atoms with van der Waals surface area (Å²) in [7, 11) is -3.59. The zero-order valence-corrected chi connectivity index (χ0v) is 19.8. The van der Waals surface area contributed by atoms with Gasteiger partial charge >= 0.3 is 0 Å². The molecule has 2 N–H and O–H groups in total. The van der Waals surface area contributed by atoms with Gasteiger partial charge in [0.25, 0.3) is 0 Å². The third-order valence-electron chi connectivity index (χ3n) is 5.46. The van der Waals surface area contributed by atoms with E-state index in [1.807, 2.05) is 13.0 Å². The van der Waals surface area contributed by atoms with E-state index < -0.39 is 21.3 Å². The van der Waals surface area contributed by atoms with Gasteiger partial charge in [-0.05, 0) is 67.8 Å². The van der Waals surface area contributed by atoms with E-state index >= 15 is 0 Å². The first-order valence-electron chi connectivity index (χ1n) is 9.54. The summed E-state index contributed by atoms with van der Waals surface area (Å²) in [5, 5.41) is 0.653. The number of hydrogen-bond acceptors (Lipinski definition) is 4. The van der Waals surface area contributed by atoms with Crippen molar-refractivity contribution in [3.63, 3.8) is 0 Å². The molecule has 1 aliphatic rings. The van der Waals surface area contributed by atoms with Crippen LogP contribution >= 0.6 is 27.5 Å². The number of piperidine rings is 1. The smallest absolute Gasteiger partial charge is 0.243 e. The van der Waals surface area contributed by atoms with Crippen molar-refractivity contribution in [1.82, 2.24) is 4.31 Å². The molecule has 30 heavy (non-hydrogen) atoms. The minimum Gasteiger partial charge on any atom is -0.493 e. The average Bonchev–Trinajstić information content (AvgIpc) is 2.69. The molecular formula is C21H24BrClN2O4S. The number of benzene rings is 2. The van der Waals surface area contributed by atoms with Gasteiger partial charge < -0.3 is 10.5 Å². The highest BCUT2D eigenvalue weighted by Gasteiger charge is 2.40. The summed E-state index contributed by atoms with van der Waals surface area (Å²) in [6.45, 7) is 2.77. The van der Waals surface area contributed by atoms with Crippen LogP contribution in [0.1, 0.15) is 24.8 Å². The van der Waals surface area contributed by atoms with Gasteiger partial charge in [-0.1, -0.05) is 27.5 Å². The maximum absolute atomic E-state index is 13.0. The minimum absolute atomic E-state index is 0.145. The lowest BCUT2D eigenvalue weighted by Gasteiger charge is -2.40. The fourth-order valence-electron chi connectivity index (χ4n) is 3.64. The number of hydrogen-bond donors (Lipinski definition) is 1. The van der Waals surface area contributed by atoms with Gasteiger partial charge in [0, 0.05) is 34.4 Å². The number of halogens is 2. The Kier molecular flexibility index (Phi) is 7.12. The Balaban J connectivity index is 1.72. The summed E-state index contributed by atoms with van der Waals surface area (Å²) < 4.78 is 34.2. The second kappa shape index (κ2) is 9.26. The number of amides is 1. The standard InChI is InChI=1S/C21H24BrClN2O4S/c1-15-12-17(4-7-19(15)23)29-14-21(13-20(24)26)8-10-25(11-9-21)30(27,28)18-5-2-16(22)3-6-18/h2-7,12H,8-11,13-14H2,1H3,(H2,24,26). The Morgan fingerprint density at radius 2 is 1.83 bits per heavy atom. The number of carbonyl (C=O) groups is 1. The van der Waals surface area contributed by atoms with Crippen LogP contribution in [0.15, 0.2) is 51.8 Å². The van der Waals surface area contributed by atoms with Crippen LogP contribution in [-0.4, -0.2) is 38.3 Å². The van der Waals surface area contributed by atoms with Crippen molar-refractivity contribution >= 4 is 43.5 Å². The first-order valence-corrected chi connectivity index (χ1v) is 12.2. The number of primary amides is 1. The first kappa shape index (κ1) is 23.1. The van der Waals surface area contributed by atoms with Crippen molar-refractivity contribution in [2.75, 3.05) is 19.7 Å². The van der Waals surface area contributed by atoms with Crippen LogP contribution in [0.3, 0.4) is 0 Å². The fourth-order valence-corrected chi connectivity index (χ4v) is 5.47. The van der Waals surface area contributed by atoms with Gasteiger partial charge in [0.1, 0.15) is 5.75 Å². The van der Waals surface area contributed by atoms with Crippen molar-refractivity contribution in [3.05, 3.63) is 57.5 Å². The zero-order chi connectivity index (χ0) is 21.9. The number of carbonyl (C=O) groups excluding carboxylic acids is 1. The van der Waals surface area contributed by atoms with Gasteiger partial charge in [0.2, 0.25) is 15.9 Å². The molecule has 1 heterocycles. The Hall–Kier alpha value is -1.61. The van der Waals surface area contributed by atoms with E-state index in [-0.39, 0.29) is 17.9 Å². The van der Waals surface area contributed by atoms with E-state index in [1.54, 1.807) is 36.4 Å². The minimum atomic E-state index is -3.59. The second-order valence-electron chi connectivity index (χ2n) is 7.70. The van der Waals surface area contributed by atoms with Gasteiger partial charge in [-0.2, -0.15) is 4.31 Å². The van der Waals surface area contributed by atoms with Gasteiger partial charge in [-0.3, -0.25) is 4.79 Å². The van der Waals surface area contributed by atoms with Crippen molar-refractivity contribution < 1.29 is 17.9 Å². The predicted molar refractivity (Wildman–Crippen MR) is 120 cm³/mol. The second-order valence-corrected chi connectivity index (χ2v) is 11.0. The van der Waals surface area contributed by atoms with Gasteiger partial charge in [-0.25, -0.2) is 8.42 Å². The monoisotopic (exact) mass is 514 g/mol. The number of rotatable bonds is 7. The van der Waals surface area contributed by atoms with Crippen LogP contribution in [0.2, 0.25) is 5.02 Å². The highest BCUT2D eigenvalue weighted by atomic mass is 79.9. The largest absolute Gasteiger partial charge is 0.493 e. The molecule has 1 saturated heterocycles. The molecule has 1 fully saturated rings. The molecule has 1 amide bonds. The summed E-state index contributed by atoms with van der Waals surface area (Å²) >= 11 is 9.38. The Morgan fingerprint density at radius 3 is 2.40 bits per heavy atom. The van der Waals surface area contributed by atoms with Crippen molar-refractivity contribution in [2.24, 2.45) is 11.1 Å². The molecule has 0 spiro atoms. The van der Waals surface area contributed by atoms with Crippen molar-refractivity contribution in [1.29, 1.82) is 0 Å². The number of aryl methyl sites for hydroxylation is 1. The molecule has 3 rings (SSSR count). The third-order valence-corrected chi connectivity index (χ3v) is 8.32. The van der Waals surface area contributed by atoms with Crippen LogP contribution in [-0.2, 0) is 14.8 Å². The molecule has 0 aromatic heterocycles. The van der Waals surface area contributed by atoms with E-state index in [1.165, 1.54) is 4.31 Å². The number of nitrogens with zero attached hydrogens (tertiary/aromatic N) is 1. The molecule has 162 valence electrons. The van der Waals surface area contributed by atoms with Gasteiger partial charge in [0.15, 0.2) is 0 Å². The fraction of sp³-hybridized carbons (Fsp3) is 0.381. The lowest BCUT2D eigenvalue weighted by molar-refractivity contribution is -0.121. The van der Waals surface area contributed by atoms with Crippen molar-refractivity contribution in [2.45, 2.75) is 31.1 Å². The normalized spacial score (nSPS) is 16.9. The summed E-state index contributed by atoms with van der Waals surface area (Å²) in [5.41, 5.74) is 5.89. The van der Waals surface area contributed by atoms with Crippen LogP contribution < -0.4 is 10.5 Å². The lowest BCUT2D eigenvalue weighted by Crippen LogP contribution is -2.47. The number of nitrogens with two attached hydrogens (primary N) is 1. The topological polar surface area (TPSA) is 89.7 Å². The summed E-state index contributed by atoms with van der Waals surface area (Å²) in [5.74, 6) is 0.237. The van der Waals surface area contributed by atoms with Gasteiger partial charge in [-0.15, -0.1) is 0 Å². The molecule has 9 heteroatoms. The highest BCUT2D eigenvalue weighted by Crippen LogP contribution is 2.37. The molecule has 0 bridgehead atoms. The Morgan fingerprint density at radius 1 is 1.20 bits per heavy atom. The molecule has 2 aromatic rings. The summed E-state index contributed by atoms with van der Waals surface area (Å²) in [6, 6.07) is 12.0. The van der Waals surface area contributed by atoms with Crippen LogP contribution in [0, 0.1) is 12.3 Å². The summed E-state index contributed by atoms with van der Waals surface area (Å²) in [6.07, 6.45) is 1.11. The Bertz CT molecular complexity index is 1020. The van der Waals surface area contributed by atoms with Crippen molar-refractivity contribution in [3.8, 4) is 5.75 Å². The maximum atomic E-state index is 13.0. The molecule has 0 atom stereocenters. The third kappa shape index (κ3) is 5.35. The zero-order valence-electron chi connectivity index (χ0n) is 16.6. The van der Waals surface area contributed by atoms with E-state index in [2.05, 4.69) is 15.9 Å². The van der Waals surface area contributed by atoms with E-state index in [0.29, 0.717) is 36.7 Å². The van der Waals surface area contributed by atoms with Crippen LogP contribution in [0.4, 0.5) is 0 Å². The quantitative estimate of drug-likeness (QED) is 0.600. The average molecular weight is 516 g/mol. The molecule has 0 aliphatic carbocycles. The van der Waals surface area contributed by atoms with E-state index in [0.717, 1.165) is 10.0 Å². The summed E-state index contributed by atoms with van der Waals surface area (Å²) in [4.78, 5) is 12.0. The molecule has 0 unspecified atom stereocenters. The number of sulfonamides is 1. The maximum Gasteiger partial charge on any atom is 0.243 e. The first-order chi connectivity index (χ1) is 14.1. The Labute approximate surface area is 190 Å². The molecule has 1 aliphatic heterocycles. The predicted octanol–water partition coefficient (Wildman–Crippen LogP) is 4.14. The molecule has 0 saturated carbocycles. The molecule has 2 aromatic carbocycles. The van der Waals surface area contributed by atoms with Crippen LogP contribution in [0.5, 0.6) is 5.75 Å².